The van der Waals surface area contributed by atoms with E-state index in [4.69, 9.17) is 0 Å². The first-order valence-corrected chi connectivity index (χ1v) is 4.37. The minimum atomic E-state index is 0.897. The molecule has 2 fully saturated rings. The van der Waals surface area contributed by atoms with Crippen molar-refractivity contribution in [1.82, 2.24) is 5.32 Å². The summed E-state index contributed by atoms with van der Waals surface area (Å²) in [6.45, 7) is 1.24. The molecule has 2 aliphatic rings. The van der Waals surface area contributed by atoms with E-state index < -0.39 is 0 Å². The average molecular weight is 129 g/mol. The van der Waals surface area contributed by atoms with Crippen molar-refractivity contribution in [3.8, 4) is 0 Å². The first kappa shape index (κ1) is 5.12. The van der Waals surface area contributed by atoms with Crippen LogP contribution in [0.15, 0.2) is 0 Å². The molecular formula is C6H11NS. The maximum atomic E-state index is 3.50. The summed E-state index contributed by atoms with van der Waals surface area (Å²) in [5.74, 6) is 1.33. The highest BCUT2D eigenvalue weighted by atomic mass is 32.2. The summed E-state index contributed by atoms with van der Waals surface area (Å²) in [6.07, 6.45) is 2.89. The number of nitrogens with one attached hydrogen (secondary N) is 1. The smallest absolute Gasteiger partial charge is 0.0202 e. The van der Waals surface area contributed by atoms with Crippen LogP contribution in [0.25, 0.3) is 0 Å². The highest BCUT2D eigenvalue weighted by molar-refractivity contribution is 8.00. The molecule has 0 aromatic rings. The Labute approximate surface area is 54.2 Å². The molecule has 1 nitrogen and oxygen atoms in total. The third kappa shape index (κ3) is 0.669. The first-order chi connectivity index (χ1) is 3.97. The van der Waals surface area contributed by atoms with Crippen LogP contribution in [0, 0.1) is 0 Å². The average Bonchev–Trinajstić information content (AvgIpc) is 1.72. The quantitative estimate of drug-likeness (QED) is 0.520. The van der Waals surface area contributed by atoms with Gasteiger partial charge in [-0.25, -0.2) is 0 Å². The Hall–Kier alpha value is 0.310. The second-order valence-corrected chi connectivity index (χ2v) is 3.89. The van der Waals surface area contributed by atoms with Gasteiger partial charge < -0.3 is 5.32 Å². The first-order valence-electron chi connectivity index (χ1n) is 3.32. The summed E-state index contributed by atoms with van der Waals surface area (Å²) < 4.78 is 0. The van der Waals surface area contributed by atoms with E-state index in [1.54, 1.807) is 0 Å². The van der Waals surface area contributed by atoms with Gasteiger partial charge in [0.25, 0.3) is 0 Å². The van der Waals surface area contributed by atoms with Gasteiger partial charge in [0.05, 0.1) is 0 Å². The van der Waals surface area contributed by atoms with E-state index in [0.717, 1.165) is 11.3 Å². The van der Waals surface area contributed by atoms with Gasteiger partial charge in [-0.05, 0) is 12.8 Å². The third-order valence-electron chi connectivity index (χ3n) is 2.05. The van der Waals surface area contributed by atoms with E-state index in [2.05, 4.69) is 17.1 Å². The Kier molecular flexibility index (Phi) is 1.23. The van der Waals surface area contributed by atoms with Gasteiger partial charge in [0.1, 0.15) is 0 Å². The second-order valence-electron chi connectivity index (χ2n) is 2.55. The van der Waals surface area contributed by atoms with E-state index in [9.17, 15) is 0 Å². The molecule has 2 rings (SSSR count). The molecule has 1 aliphatic heterocycles. The fourth-order valence-electron chi connectivity index (χ4n) is 1.36. The summed E-state index contributed by atoms with van der Waals surface area (Å²) in [6, 6.07) is 0.897. The molecule has 0 unspecified atom stereocenters. The maximum absolute atomic E-state index is 3.50. The van der Waals surface area contributed by atoms with E-state index in [0.29, 0.717) is 0 Å². The minimum Gasteiger partial charge on any atom is -0.312 e. The lowest BCUT2D eigenvalue weighted by Gasteiger charge is -2.40. The highest BCUT2D eigenvalue weighted by Gasteiger charge is 2.32. The topological polar surface area (TPSA) is 12.0 Å². The zero-order chi connectivity index (χ0) is 5.40. The van der Waals surface area contributed by atoms with Crippen LogP contribution in [0.3, 0.4) is 0 Å². The highest BCUT2D eigenvalue weighted by Crippen LogP contribution is 2.33. The zero-order valence-electron chi connectivity index (χ0n) is 4.89. The second kappa shape index (κ2) is 1.92. The Morgan fingerprint density at radius 3 is 2.75 bits per heavy atom. The Morgan fingerprint density at radius 1 is 1.38 bits per heavy atom. The fraction of sp³-hybridized carbons (Fsp3) is 1.00. The number of hydrogen-bond acceptors (Lipinski definition) is 2. The van der Waals surface area contributed by atoms with Crippen LogP contribution in [0.5, 0.6) is 0 Å². The molecule has 1 heterocycles. The molecule has 1 aliphatic carbocycles. The summed E-state index contributed by atoms with van der Waals surface area (Å²) in [7, 11) is 0. The van der Waals surface area contributed by atoms with E-state index >= 15 is 0 Å². The van der Waals surface area contributed by atoms with Crippen LogP contribution in [-0.2, 0) is 0 Å². The predicted molar refractivity (Wildman–Crippen MR) is 37.3 cm³/mol. The molecule has 0 aromatic heterocycles. The van der Waals surface area contributed by atoms with Gasteiger partial charge in [-0.15, -0.1) is 0 Å². The maximum Gasteiger partial charge on any atom is 0.0202 e. The van der Waals surface area contributed by atoms with Crippen molar-refractivity contribution in [1.29, 1.82) is 0 Å². The van der Waals surface area contributed by atoms with Crippen LogP contribution in [0.2, 0.25) is 0 Å². The molecule has 46 valence electrons. The van der Waals surface area contributed by atoms with E-state index in [1.807, 2.05) is 0 Å². The molecule has 8 heavy (non-hydrogen) atoms. The van der Waals surface area contributed by atoms with Gasteiger partial charge in [0, 0.05) is 23.6 Å². The van der Waals surface area contributed by atoms with E-state index in [-0.39, 0.29) is 0 Å². The van der Waals surface area contributed by atoms with Gasteiger partial charge in [0.2, 0.25) is 0 Å². The van der Waals surface area contributed by atoms with Crippen molar-refractivity contribution in [2.24, 2.45) is 0 Å². The van der Waals surface area contributed by atoms with Crippen LogP contribution in [0.1, 0.15) is 12.8 Å². The summed E-state index contributed by atoms with van der Waals surface area (Å²) in [5, 5.41) is 4.49. The van der Waals surface area contributed by atoms with Crippen molar-refractivity contribution < 1.29 is 0 Å². The minimum absolute atomic E-state index is 0.897. The summed E-state index contributed by atoms with van der Waals surface area (Å²) >= 11 is 2.15. The summed E-state index contributed by atoms with van der Waals surface area (Å²) in [5.41, 5.74) is 0. The lowest BCUT2D eigenvalue weighted by molar-refractivity contribution is 0.351. The molecule has 0 aromatic carbocycles. The van der Waals surface area contributed by atoms with Crippen molar-refractivity contribution >= 4 is 11.8 Å². The fourth-order valence-corrected chi connectivity index (χ4v) is 2.66. The van der Waals surface area contributed by atoms with Crippen LogP contribution < -0.4 is 5.32 Å². The number of fused-ring (bicyclic) bond motifs is 1. The molecule has 2 atom stereocenters. The van der Waals surface area contributed by atoms with Gasteiger partial charge in [0.15, 0.2) is 0 Å². The van der Waals surface area contributed by atoms with Crippen LogP contribution in [0.4, 0.5) is 0 Å². The Bertz CT molecular complexity index is 82.5. The van der Waals surface area contributed by atoms with Gasteiger partial charge >= 0.3 is 0 Å². The largest absolute Gasteiger partial charge is 0.312 e. The Balaban J connectivity index is 1.92. The van der Waals surface area contributed by atoms with Crippen molar-refractivity contribution in [3.05, 3.63) is 0 Å². The molecule has 0 radical (unpaired) electrons. The standard InChI is InChI=1S/C6H11NS/c1-2-6-5(1)7-3-4-8-6/h5-7H,1-4H2/t5-,6-/m0/s1. The molecule has 1 N–H and O–H groups in total. The van der Waals surface area contributed by atoms with Crippen molar-refractivity contribution in [2.75, 3.05) is 12.3 Å². The van der Waals surface area contributed by atoms with Gasteiger partial charge in [-0.2, -0.15) is 11.8 Å². The normalized spacial score (nSPS) is 45.0. The van der Waals surface area contributed by atoms with Gasteiger partial charge in [-0.3, -0.25) is 0 Å². The Morgan fingerprint density at radius 2 is 2.38 bits per heavy atom. The zero-order valence-corrected chi connectivity index (χ0v) is 5.71. The number of rotatable bonds is 0. The van der Waals surface area contributed by atoms with Crippen LogP contribution >= 0.6 is 11.8 Å². The number of hydrogen-bond donors (Lipinski definition) is 1. The molecule has 0 bridgehead atoms. The molecule has 0 amide bonds. The lowest BCUT2D eigenvalue weighted by Crippen LogP contribution is -2.50. The van der Waals surface area contributed by atoms with Gasteiger partial charge in [-0.1, -0.05) is 0 Å². The van der Waals surface area contributed by atoms with Crippen molar-refractivity contribution in [3.63, 3.8) is 0 Å². The SMILES string of the molecule is C1CS[C@H]2CC[C@@H]2N1. The molecule has 0 spiro atoms. The molecule has 2 heteroatoms. The molecular weight excluding hydrogens is 118 g/mol. The molecule has 1 saturated carbocycles. The van der Waals surface area contributed by atoms with E-state index in [1.165, 1.54) is 25.1 Å². The summed E-state index contributed by atoms with van der Waals surface area (Å²) in [4.78, 5) is 0. The molecule has 1 saturated heterocycles. The monoisotopic (exact) mass is 129 g/mol. The van der Waals surface area contributed by atoms with Crippen LogP contribution in [-0.4, -0.2) is 23.6 Å². The third-order valence-corrected chi connectivity index (χ3v) is 3.48. The predicted octanol–water partition coefficient (Wildman–Crippen LogP) is 0.854. The van der Waals surface area contributed by atoms with Crippen molar-refractivity contribution in [2.45, 2.75) is 24.1 Å². The number of thioether (sulfide) groups is 1. The lowest BCUT2D eigenvalue weighted by atomic mass is 9.92.